The fourth-order valence-electron chi connectivity index (χ4n) is 1.62. The van der Waals surface area contributed by atoms with Gasteiger partial charge in [0.2, 0.25) is 0 Å². The molecule has 0 amide bonds. The molecule has 0 aromatic carbocycles. The van der Waals surface area contributed by atoms with Crippen LogP contribution in [0.1, 0.15) is 65.7 Å². The molecule has 0 aliphatic heterocycles. The van der Waals surface area contributed by atoms with E-state index in [9.17, 15) is 0 Å². The molecule has 0 nitrogen and oxygen atoms in total. The molecule has 0 N–H and O–H groups in total. The SMILES string of the molecule is C=C(C)CCCCC(C)CCCC. The normalized spacial score (nSPS) is 12.8. The zero-order valence-electron chi connectivity index (χ0n) is 9.73. The lowest BCUT2D eigenvalue weighted by molar-refractivity contribution is 0.449. The third kappa shape index (κ3) is 9.66. The Balaban J connectivity index is 3.16. The van der Waals surface area contributed by atoms with E-state index in [4.69, 9.17) is 0 Å². The van der Waals surface area contributed by atoms with Crippen molar-refractivity contribution in [1.82, 2.24) is 0 Å². The Morgan fingerprint density at radius 1 is 1.15 bits per heavy atom. The molecular weight excluding hydrogens is 156 g/mol. The monoisotopic (exact) mass is 182 g/mol. The fraction of sp³-hybridized carbons (Fsp3) is 0.846. The molecule has 0 bridgehead atoms. The maximum atomic E-state index is 3.92. The van der Waals surface area contributed by atoms with E-state index in [0.717, 1.165) is 5.92 Å². The first-order chi connectivity index (χ1) is 6.16. The van der Waals surface area contributed by atoms with Gasteiger partial charge >= 0.3 is 0 Å². The number of hydrogen-bond acceptors (Lipinski definition) is 0. The Labute approximate surface area is 84.4 Å². The van der Waals surface area contributed by atoms with Gasteiger partial charge in [0.05, 0.1) is 0 Å². The van der Waals surface area contributed by atoms with Gasteiger partial charge in [0.1, 0.15) is 0 Å². The molecule has 0 aromatic rings. The summed E-state index contributed by atoms with van der Waals surface area (Å²) in [5, 5.41) is 0. The van der Waals surface area contributed by atoms with Crippen molar-refractivity contribution in [2.45, 2.75) is 65.7 Å². The second kappa shape index (κ2) is 8.34. The van der Waals surface area contributed by atoms with Crippen LogP contribution in [0.15, 0.2) is 12.2 Å². The summed E-state index contributed by atoms with van der Waals surface area (Å²) < 4.78 is 0. The highest BCUT2D eigenvalue weighted by Crippen LogP contribution is 2.16. The van der Waals surface area contributed by atoms with Crippen molar-refractivity contribution in [1.29, 1.82) is 0 Å². The van der Waals surface area contributed by atoms with E-state index in [0.29, 0.717) is 0 Å². The molecule has 1 atom stereocenters. The van der Waals surface area contributed by atoms with Crippen LogP contribution in [0.4, 0.5) is 0 Å². The van der Waals surface area contributed by atoms with Crippen LogP contribution >= 0.6 is 0 Å². The van der Waals surface area contributed by atoms with Gasteiger partial charge in [-0.3, -0.25) is 0 Å². The topological polar surface area (TPSA) is 0 Å². The highest BCUT2D eigenvalue weighted by Gasteiger charge is 2.00. The van der Waals surface area contributed by atoms with Crippen molar-refractivity contribution in [2.24, 2.45) is 5.92 Å². The van der Waals surface area contributed by atoms with Gasteiger partial charge in [-0.05, 0) is 25.7 Å². The summed E-state index contributed by atoms with van der Waals surface area (Å²) in [5.74, 6) is 0.935. The second-order valence-electron chi connectivity index (χ2n) is 4.45. The summed E-state index contributed by atoms with van der Waals surface area (Å²) in [7, 11) is 0. The van der Waals surface area contributed by atoms with Crippen LogP contribution < -0.4 is 0 Å². The number of unbranched alkanes of at least 4 members (excludes halogenated alkanes) is 2. The summed E-state index contributed by atoms with van der Waals surface area (Å²) in [6.07, 6.45) is 9.53. The average molecular weight is 182 g/mol. The van der Waals surface area contributed by atoms with Crippen molar-refractivity contribution in [3.8, 4) is 0 Å². The quantitative estimate of drug-likeness (QED) is 0.368. The fourth-order valence-corrected chi connectivity index (χ4v) is 1.62. The minimum atomic E-state index is 0.935. The summed E-state index contributed by atoms with van der Waals surface area (Å²) in [6.45, 7) is 10.7. The van der Waals surface area contributed by atoms with Gasteiger partial charge in [0, 0.05) is 0 Å². The van der Waals surface area contributed by atoms with Crippen LogP contribution in [0.25, 0.3) is 0 Å². The molecule has 13 heavy (non-hydrogen) atoms. The van der Waals surface area contributed by atoms with Gasteiger partial charge in [0.25, 0.3) is 0 Å². The van der Waals surface area contributed by atoms with E-state index in [1.807, 2.05) is 0 Å². The predicted octanol–water partition coefficient (Wildman–Crippen LogP) is 4.95. The van der Waals surface area contributed by atoms with Crippen LogP contribution in [-0.4, -0.2) is 0 Å². The van der Waals surface area contributed by atoms with Gasteiger partial charge < -0.3 is 0 Å². The highest BCUT2D eigenvalue weighted by atomic mass is 14.1. The Kier molecular flexibility index (Phi) is 8.18. The molecule has 0 aliphatic carbocycles. The van der Waals surface area contributed by atoms with Crippen LogP contribution in [0.5, 0.6) is 0 Å². The lowest BCUT2D eigenvalue weighted by Crippen LogP contribution is -1.94. The minimum absolute atomic E-state index is 0.935. The van der Waals surface area contributed by atoms with Gasteiger partial charge in [0.15, 0.2) is 0 Å². The van der Waals surface area contributed by atoms with Crippen LogP contribution in [-0.2, 0) is 0 Å². The Bertz CT molecular complexity index is 124. The molecule has 0 saturated carbocycles. The van der Waals surface area contributed by atoms with Gasteiger partial charge in [-0.25, -0.2) is 0 Å². The molecule has 0 aliphatic rings. The van der Waals surface area contributed by atoms with E-state index in [2.05, 4.69) is 27.4 Å². The first-order valence-corrected chi connectivity index (χ1v) is 5.81. The minimum Gasteiger partial charge on any atom is -0.100 e. The maximum Gasteiger partial charge on any atom is -0.0326 e. The third-order valence-corrected chi connectivity index (χ3v) is 2.60. The molecule has 1 unspecified atom stereocenters. The van der Waals surface area contributed by atoms with E-state index in [-0.39, 0.29) is 0 Å². The lowest BCUT2D eigenvalue weighted by atomic mass is 9.97. The number of allylic oxidation sites excluding steroid dienone is 1. The second-order valence-corrected chi connectivity index (χ2v) is 4.45. The molecule has 0 saturated heterocycles. The van der Waals surface area contributed by atoms with E-state index in [1.54, 1.807) is 0 Å². The van der Waals surface area contributed by atoms with Crippen molar-refractivity contribution in [3.05, 3.63) is 12.2 Å². The van der Waals surface area contributed by atoms with Gasteiger partial charge in [-0.2, -0.15) is 0 Å². The predicted molar refractivity (Wildman–Crippen MR) is 62.0 cm³/mol. The third-order valence-electron chi connectivity index (χ3n) is 2.60. The summed E-state index contributed by atoms with van der Waals surface area (Å²) in [4.78, 5) is 0. The Morgan fingerprint density at radius 2 is 1.77 bits per heavy atom. The molecule has 0 radical (unpaired) electrons. The zero-order chi connectivity index (χ0) is 10.1. The number of rotatable bonds is 8. The molecule has 0 fully saturated rings. The van der Waals surface area contributed by atoms with Crippen molar-refractivity contribution >= 4 is 0 Å². The van der Waals surface area contributed by atoms with Gasteiger partial charge in [-0.15, -0.1) is 6.58 Å². The summed E-state index contributed by atoms with van der Waals surface area (Å²) >= 11 is 0. The molecule has 0 heterocycles. The smallest absolute Gasteiger partial charge is 0.0326 e. The maximum absolute atomic E-state index is 3.92. The molecule has 0 spiro atoms. The Morgan fingerprint density at radius 3 is 2.31 bits per heavy atom. The molecular formula is C13H26. The zero-order valence-corrected chi connectivity index (χ0v) is 9.73. The van der Waals surface area contributed by atoms with E-state index < -0.39 is 0 Å². The highest BCUT2D eigenvalue weighted by molar-refractivity contribution is 4.87. The van der Waals surface area contributed by atoms with Crippen LogP contribution in [0, 0.1) is 5.92 Å². The molecule has 0 heteroatoms. The van der Waals surface area contributed by atoms with Crippen LogP contribution in [0.3, 0.4) is 0 Å². The molecule has 0 rings (SSSR count). The molecule has 78 valence electrons. The standard InChI is InChI=1S/C13H26/c1-5-6-10-13(4)11-8-7-9-12(2)3/h13H,2,5-11H2,1,3-4H3. The summed E-state index contributed by atoms with van der Waals surface area (Å²) in [5.41, 5.74) is 1.33. The number of hydrogen-bond donors (Lipinski definition) is 0. The van der Waals surface area contributed by atoms with Crippen LogP contribution in [0.2, 0.25) is 0 Å². The van der Waals surface area contributed by atoms with Crippen molar-refractivity contribution in [2.75, 3.05) is 0 Å². The van der Waals surface area contributed by atoms with Crippen molar-refractivity contribution in [3.63, 3.8) is 0 Å². The first kappa shape index (κ1) is 12.7. The molecule has 0 aromatic heterocycles. The lowest BCUT2D eigenvalue weighted by Gasteiger charge is -2.09. The van der Waals surface area contributed by atoms with E-state index in [1.165, 1.54) is 50.5 Å². The summed E-state index contributed by atoms with van der Waals surface area (Å²) in [6, 6.07) is 0. The largest absolute Gasteiger partial charge is 0.100 e. The van der Waals surface area contributed by atoms with Gasteiger partial charge in [-0.1, -0.05) is 51.5 Å². The Hall–Kier alpha value is -0.260. The van der Waals surface area contributed by atoms with E-state index >= 15 is 0 Å². The van der Waals surface area contributed by atoms with Crippen molar-refractivity contribution < 1.29 is 0 Å². The average Bonchev–Trinajstić information content (AvgIpc) is 2.08. The first-order valence-electron chi connectivity index (χ1n) is 5.81.